The molecule has 3 aromatic rings. The van der Waals surface area contributed by atoms with Gasteiger partial charge in [0.25, 0.3) is 5.91 Å². The third kappa shape index (κ3) is 5.64. The molecule has 0 fully saturated rings. The number of hydrogen-bond donors (Lipinski definition) is 1. The molecule has 0 spiro atoms. The lowest BCUT2D eigenvalue weighted by Crippen LogP contribution is -2.25. The summed E-state index contributed by atoms with van der Waals surface area (Å²) >= 11 is 1.48. The number of allylic oxidation sites excluding steroid dienone is 1. The highest BCUT2D eigenvalue weighted by Gasteiger charge is 2.15. The smallest absolute Gasteiger partial charge is 0.251 e. The summed E-state index contributed by atoms with van der Waals surface area (Å²) in [7, 11) is 3.05. The van der Waals surface area contributed by atoms with Gasteiger partial charge < -0.3 is 19.4 Å². The van der Waals surface area contributed by atoms with E-state index in [-0.39, 0.29) is 18.3 Å². The summed E-state index contributed by atoms with van der Waals surface area (Å²) in [5.41, 5.74) is 1.42. The highest BCUT2D eigenvalue weighted by atomic mass is 32.2. The topological polar surface area (TPSA) is 78.3 Å². The van der Waals surface area contributed by atoms with Crippen LogP contribution in [0, 0.1) is 5.82 Å². The van der Waals surface area contributed by atoms with Crippen molar-refractivity contribution in [2.75, 3.05) is 14.2 Å². The van der Waals surface area contributed by atoms with Crippen molar-refractivity contribution in [2.24, 2.45) is 0 Å². The number of aromatic nitrogens is 3. The Hall–Kier alpha value is -3.33. The third-order valence-corrected chi connectivity index (χ3v) is 5.48. The van der Waals surface area contributed by atoms with Crippen molar-refractivity contribution in [2.45, 2.75) is 24.0 Å². The van der Waals surface area contributed by atoms with Crippen molar-refractivity contribution in [3.8, 4) is 11.5 Å². The van der Waals surface area contributed by atoms with Crippen molar-refractivity contribution in [1.82, 2.24) is 20.1 Å². The largest absolute Gasteiger partial charge is 0.493 e. The average molecular weight is 443 g/mol. The van der Waals surface area contributed by atoms with Gasteiger partial charge in [-0.3, -0.25) is 4.79 Å². The van der Waals surface area contributed by atoms with Gasteiger partial charge in [-0.2, -0.15) is 0 Å². The molecule has 1 aromatic heterocycles. The molecule has 0 radical (unpaired) electrons. The molecule has 0 bridgehead atoms. The number of benzene rings is 2. The molecule has 31 heavy (non-hydrogen) atoms. The fourth-order valence-corrected chi connectivity index (χ4v) is 3.76. The number of methoxy groups -OCH3 is 2. The van der Waals surface area contributed by atoms with Gasteiger partial charge in [-0.1, -0.05) is 30.0 Å². The predicted octanol–water partition coefficient (Wildman–Crippen LogP) is 3.84. The Morgan fingerprint density at radius 3 is 2.58 bits per heavy atom. The molecule has 9 heteroatoms. The fourth-order valence-electron chi connectivity index (χ4n) is 2.84. The van der Waals surface area contributed by atoms with Gasteiger partial charge in [-0.15, -0.1) is 16.8 Å². The van der Waals surface area contributed by atoms with Crippen LogP contribution in [0.15, 0.2) is 60.3 Å². The highest BCUT2D eigenvalue weighted by Crippen LogP contribution is 2.27. The first-order chi connectivity index (χ1) is 15.0. The molecule has 0 saturated heterocycles. The minimum Gasteiger partial charge on any atom is -0.493 e. The van der Waals surface area contributed by atoms with Crippen LogP contribution in [0.4, 0.5) is 4.39 Å². The van der Waals surface area contributed by atoms with Crippen LogP contribution >= 0.6 is 11.8 Å². The summed E-state index contributed by atoms with van der Waals surface area (Å²) < 4.78 is 25.4. The Labute approximate surface area is 184 Å². The number of halogens is 1. The molecule has 0 saturated carbocycles. The van der Waals surface area contributed by atoms with Crippen LogP contribution < -0.4 is 14.8 Å². The van der Waals surface area contributed by atoms with Gasteiger partial charge in [-0.05, 0) is 35.9 Å². The number of carbonyl (C=O) groups is 1. The maximum atomic E-state index is 13.1. The number of thioether (sulfide) groups is 1. The van der Waals surface area contributed by atoms with Crippen molar-refractivity contribution in [1.29, 1.82) is 0 Å². The van der Waals surface area contributed by atoms with Gasteiger partial charge in [0.2, 0.25) is 0 Å². The number of nitrogens with one attached hydrogen (secondary N) is 1. The lowest BCUT2D eigenvalue weighted by Gasteiger charge is -2.11. The predicted molar refractivity (Wildman–Crippen MR) is 117 cm³/mol. The van der Waals surface area contributed by atoms with Gasteiger partial charge in [0.15, 0.2) is 22.5 Å². The second kappa shape index (κ2) is 10.6. The lowest BCUT2D eigenvalue weighted by atomic mass is 10.2. The van der Waals surface area contributed by atoms with E-state index in [1.165, 1.54) is 38.1 Å². The molecule has 0 atom stereocenters. The van der Waals surface area contributed by atoms with Crippen LogP contribution in [0.2, 0.25) is 0 Å². The number of rotatable bonds is 10. The minimum atomic E-state index is -0.269. The van der Waals surface area contributed by atoms with E-state index < -0.39 is 0 Å². The van der Waals surface area contributed by atoms with Crippen molar-refractivity contribution in [3.05, 3.63) is 77.9 Å². The summed E-state index contributed by atoms with van der Waals surface area (Å²) in [5, 5.41) is 12.0. The maximum Gasteiger partial charge on any atom is 0.251 e. The summed E-state index contributed by atoms with van der Waals surface area (Å²) in [4.78, 5) is 12.6. The van der Waals surface area contributed by atoms with Crippen LogP contribution in [-0.4, -0.2) is 34.9 Å². The minimum absolute atomic E-state index is 0.200. The standard InChI is InChI=1S/C22H23FN4O3S/c1-4-11-27-20(25-26-22(27)31-14-15-5-8-17(23)9-6-15)13-24-21(28)16-7-10-18(29-2)19(12-16)30-3/h4-10,12H,1,11,13-14H2,2-3H3,(H,24,28). The highest BCUT2D eigenvalue weighted by molar-refractivity contribution is 7.98. The molecular formula is C22H23FN4O3S. The zero-order chi connectivity index (χ0) is 22.2. The van der Waals surface area contributed by atoms with Gasteiger partial charge in [0.1, 0.15) is 5.82 Å². The van der Waals surface area contributed by atoms with Gasteiger partial charge in [-0.25, -0.2) is 4.39 Å². The van der Waals surface area contributed by atoms with Crippen LogP contribution in [0.25, 0.3) is 0 Å². The lowest BCUT2D eigenvalue weighted by molar-refractivity contribution is 0.0949. The molecule has 0 aliphatic heterocycles. The Bertz CT molecular complexity index is 1050. The summed E-state index contributed by atoms with van der Waals surface area (Å²) in [6.45, 7) is 4.48. The molecule has 3 rings (SSSR count). The Morgan fingerprint density at radius 1 is 1.16 bits per heavy atom. The number of nitrogens with zero attached hydrogens (tertiary/aromatic N) is 3. The van der Waals surface area contributed by atoms with E-state index in [9.17, 15) is 9.18 Å². The van der Waals surface area contributed by atoms with E-state index >= 15 is 0 Å². The second-order valence-electron chi connectivity index (χ2n) is 6.47. The fraction of sp³-hybridized carbons (Fsp3) is 0.227. The molecule has 0 aliphatic carbocycles. The van der Waals surface area contributed by atoms with Crippen molar-refractivity contribution >= 4 is 17.7 Å². The molecule has 1 heterocycles. The monoisotopic (exact) mass is 442 g/mol. The summed E-state index contributed by atoms with van der Waals surface area (Å²) in [6, 6.07) is 11.3. The summed E-state index contributed by atoms with van der Waals surface area (Å²) in [6.07, 6.45) is 1.74. The molecule has 1 N–H and O–H groups in total. The zero-order valence-corrected chi connectivity index (χ0v) is 18.1. The average Bonchev–Trinajstić information content (AvgIpc) is 3.18. The maximum absolute atomic E-state index is 13.1. The first kappa shape index (κ1) is 22.4. The summed E-state index contributed by atoms with van der Waals surface area (Å²) in [5.74, 6) is 1.71. The van der Waals surface area contributed by atoms with Gasteiger partial charge >= 0.3 is 0 Å². The molecule has 2 aromatic carbocycles. The number of carbonyl (C=O) groups excluding carboxylic acids is 1. The van der Waals surface area contributed by atoms with E-state index in [2.05, 4.69) is 22.1 Å². The van der Waals surface area contributed by atoms with Crippen LogP contribution in [0.3, 0.4) is 0 Å². The second-order valence-corrected chi connectivity index (χ2v) is 7.41. The first-order valence-electron chi connectivity index (χ1n) is 9.46. The SMILES string of the molecule is C=CCn1c(CNC(=O)c2ccc(OC)c(OC)c2)nnc1SCc1ccc(F)cc1. The van der Waals surface area contributed by atoms with Crippen LogP contribution in [-0.2, 0) is 18.8 Å². The number of ether oxygens (including phenoxy) is 2. The zero-order valence-electron chi connectivity index (χ0n) is 17.3. The van der Waals surface area contributed by atoms with E-state index in [0.29, 0.717) is 40.3 Å². The Kier molecular flexibility index (Phi) is 7.66. The number of hydrogen-bond acceptors (Lipinski definition) is 6. The van der Waals surface area contributed by atoms with E-state index in [1.807, 2.05) is 4.57 Å². The molecule has 162 valence electrons. The molecular weight excluding hydrogens is 419 g/mol. The quantitative estimate of drug-likeness (QED) is 0.380. The van der Waals surface area contributed by atoms with Gasteiger partial charge in [0.05, 0.1) is 20.8 Å². The van der Waals surface area contributed by atoms with E-state index in [0.717, 1.165) is 5.56 Å². The first-order valence-corrected chi connectivity index (χ1v) is 10.4. The van der Waals surface area contributed by atoms with Crippen LogP contribution in [0.5, 0.6) is 11.5 Å². The van der Waals surface area contributed by atoms with Gasteiger partial charge in [0, 0.05) is 17.9 Å². The molecule has 0 unspecified atom stereocenters. The Balaban J connectivity index is 1.67. The van der Waals surface area contributed by atoms with Crippen LogP contribution in [0.1, 0.15) is 21.7 Å². The number of amides is 1. The van der Waals surface area contributed by atoms with E-state index in [1.54, 1.807) is 36.4 Å². The molecule has 1 amide bonds. The van der Waals surface area contributed by atoms with Crippen molar-refractivity contribution < 1.29 is 18.7 Å². The van der Waals surface area contributed by atoms with E-state index in [4.69, 9.17) is 9.47 Å². The normalized spacial score (nSPS) is 10.5. The molecule has 0 aliphatic rings. The third-order valence-electron chi connectivity index (χ3n) is 4.44. The molecule has 7 nitrogen and oxygen atoms in total. The van der Waals surface area contributed by atoms with Crippen molar-refractivity contribution in [3.63, 3.8) is 0 Å². The Morgan fingerprint density at radius 2 is 1.90 bits per heavy atom.